The second-order valence-electron chi connectivity index (χ2n) is 4.61. The standard InChI is InChI=1S/C18H11N.Y/c1-2-6-13(7-3-1)14-10-11-18-16(12-14)15-8-4-5-9-17(15)19-18;/h1-6,8-11,19H;/q-2;. The largest absolute Gasteiger partial charge is 0.393 e. The SMILES string of the molecule is [Y].[c-]1ccccc1-c1[c-]c2c(cc1)[nH]c1ccccc12. The van der Waals surface area contributed by atoms with E-state index in [0.29, 0.717) is 0 Å². The molecule has 0 aliphatic rings. The van der Waals surface area contributed by atoms with Crippen molar-refractivity contribution in [3.05, 3.63) is 72.8 Å². The van der Waals surface area contributed by atoms with Gasteiger partial charge >= 0.3 is 0 Å². The van der Waals surface area contributed by atoms with Crippen molar-refractivity contribution in [1.29, 1.82) is 0 Å². The van der Waals surface area contributed by atoms with Crippen molar-refractivity contribution in [3.63, 3.8) is 0 Å². The second kappa shape index (κ2) is 5.51. The summed E-state index contributed by atoms with van der Waals surface area (Å²) in [4.78, 5) is 3.42. The van der Waals surface area contributed by atoms with Crippen LogP contribution in [0.4, 0.5) is 0 Å². The fourth-order valence-electron chi connectivity index (χ4n) is 2.48. The maximum atomic E-state index is 3.50. The minimum absolute atomic E-state index is 0. The predicted octanol–water partition coefficient (Wildman–Crippen LogP) is 4.59. The molecule has 0 unspecified atom stereocenters. The summed E-state index contributed by atoms with van der Waals surface area (Å²) in [5.41, 5.74) is 4.44. The van der Waals surface area contributed by atoms with Crippen LogP contribution in [0.5, 0.6) is 0 Å². The molecule has 0 saturated heterocycles. The molecule has 20 heavy (non-hydrogen) atoms. The zero-order valence-corrected chi connectivity index (χ0v) is 13.7. The topological polar surface area (TPSA) is 15.8 Å². The van der Waals surface area contributed by atoms with E-state index in [1.807, 2.05) is 24.3 Å². The van der Waals surface area contributed by atoms with Gasteiger partial charge in [-0.1, -0.05) is 23.6 Å². The Labute approximate surface area is 142 Å². The van der Waals surface area contributed by atoms with Gasteiger partial charge < -0.3 is 4.98 Å². The molecule has 0 bridgehead atoms. The zero-order valence-electron chi connectivity index (χ0n) is 10.9. The van der Waals surface area contributed by atoms with Gasteiger partial charge in [-0.15, -0.1) is 17.5 Å². The van der Waals surface area contributed by atoms with Crippen LogP contribution in [-0.2, 0) is 32.7 Å². The fraction of sp³-hybridized carbons (Fsp3) is 0. The molecular weight excluding hydrogens is 319 g/mol. The fourth-order valence-corrected chi connectivity index (χ4v) is 2.48. The minimum atomic E-state index is 0. The number of H-pyrrole nitrogens is 1. The van der Waals surface area contributed by atoms with Crippen molar-refractivity contribution in [2.24, 2.45) is 0 Å². The van der Waals surface area contributed by atoms with Crippen LogP contribution < -0.4 is 0 Å². The molecule has 1 aromatic heterocycles. The van der Waals surface area contributed by atoms with Crippen molar-refractivity contribution >= 4 is 21.8 Å². The van der Waals surface area contributed by atoms with Crippen molar-refractivity contribution in [2.45, 2.75) is 0 Å². The molecular formula is C18H11NY-2. The molecule has 2 heteroatoms. The molecule has 0 amide bonds. The summed E-state index contributed by atoms with van der Waals surface area (Å²) in [6.45, 7) is 0. The summed E-state index contributed by atoms with van der Waals surface area (Å²) in [6, 6.07) is 27.3. The monoisotopic (exact) mass is 330 g/mol. The third-order valence-electron chi connectivity index (χ3n) is 3.41. The Bertz CT molecular complexity index is 862. The molecule has 3 aromatic carbocycles. The third-order valence-corrected chi connectivity index (χ3v) is 3.41. The van der Waals surface area contributed by atoms with E-state index in [-0.39, 0.29) is 32.7 Å². The van der Waals surface area contributed by atoms with E-state index in [9.17, 15) is 0 Å². The van der Waals surface area contributed by atoms with Gasteiger partial charge in [0.05, 0.1) is 0 Å². The van der Waals surface area contributed by atoms with Gasteiger partial charge in [-0.3, -0.25) is 0 Å². The Hall–Kier alpha value is -1.44. The first-order valence-electron chi connectivity index (χ1n) is 6.32. The summed E-state index contributed by atoms with van der Waals surface area (Å²) in [5.74, 6) is 0. The van der Waals surface area contributed by atoms with Crippen LogP contribution in [0, 0.1) is 12.1 Å². The van der Waals surface area contributed by atoms with Crippen LogP contribution in [0.2, 0.25) is 0 Å². The molecule has 1 radical (unpaired) electrons. The van der Waals surface area contributed by atoms with Gasteiger partial charge in [-0.25, -0.2) is 5.56 Å². The van der Waals surface area contributed by atoms with Gasteiger partial charge in [-0.2, -0.15) is 42.0 Å². The van der Waals surface area contributed by atoms with Gasteiger partial charge in [0.25, 0.3) is 0 Å². The van der Waals surface area contributed by atoms with Crippen LogP contribution in [0.25, 0.3) is 32.9 Å². The van der Waals surface area contributed by atoms with Crippen molar-refractivity contribution in [1.82, 2.24) is 4.98 Å². The maximum Gasteiger partial charge on any atom is 0.00517 e. The summed E-state index contributed by atoms with van der Waals surface area (Å²) < 4.78 is 0. The maximum absolute atomic E-state index is 3.50. The molecule has 0 fully saturated rings. The Morgan fingerprint density at radius 2 is 1.60 bits per heavy atom. The first-order valence-corrected chi connectivity index (χ1v) is 6.32. The number of fused-ring (bicyclic) bond motifs is 3. The normalized spacial score (nSPS) is 10.6. The number of rotatable bonds is 1. The number of benzene rings is 3. The summed E-state index contributed by atoms with van der Waals surface area (Å²) in [5, 5.41) is 2.36. The number of aromatic amines is 1. The number of nitrogens with one attached hydrogen (secondary N) is 1. The summed E-state index contributed by atoms with van der Waals surface area (Å²) >= 11 is 0. The van der Waals surface area contributed by atoms with Gasteiger partial charge in [0.15, 0.2) is 0 Å². The Morgan fingerprint density at radius 3 is 2.45 bits per heavy atom. The molecule has 4 aromatic rings. The molecule has 1 heterocycles. The molecule has 1 nitrogen and oxygen atoms in total. The zero-order chi connectivity index (χ0) is 12.7. The molecule has 4 rings (SSSR count). The van der Waals surface area contributed by atoms with Gasteiger partial charge in [-0.05, 0) is 11.6 Å². The number of para-hydroxylation sites is 1. The predicted molar refractivity (Wildman–Crippen MR) is 78.9 cm³/mol. The molecule has 93 valence electrons. The van der Waals surface area contributed by atoms with E-state index < -0.39 is 0 Å². The van der Waals surface area contributed by atoms with Crippen LogP contribution in [0.3, 0.4) is 0 Å². The summed E-state index contributed by atoms with van der Waals surface area (Å²) in [7, 11) is 0. The quantitative estimate of drug-likeness (QED) is 0.492. The minimum Gasteiger partial charge on any atom is -0.393 e. The molecule has 0 saturated carbocycles. The first kappa shape index (κ1) is 13.5. The Morgan fingerprint density at radius 1 is 0.750 bits per heavy atom. The van der Waals surface area contributed by atoms with Crippen molar-refractivity contribution in [2.75, 3.05) is 0 Å². The smallest absolute Gasteiger partial charge is 0.00517 e. The van der Waals surface area contributed by atoms with Gasteiger partial charge in [0, 0.05) is 38.2 Å². The number of aromatic nitrogens is 1. The van der Waals surface area contributed by atoms with E-state index in [0.717, 1.165) is 27.5 Å². The van der Waals surface area contributed by atoms with E-state index in [1.54, 1.807) is 0 Å². The second-order valence-corrected chi connectivity index (χ2v) is 4.61. The molecule has 1 N–H and O–H groups in total. The molecule has 0 spiro atoms. The van der Waals surface area contributed by atoms with Crippen LogP contribution >= 0.6 is 0 Å². The van der Waals surface area contributed by atoms with Gasteiger partial charge in [0.2, 0.25) is 0 Å². The number of hydrogen-bond acceptors (Lipinski definition) is 0. The van der Waals surface area contributed by atoms with Gasteiger partial charge in [0.1, 0.15) is 0 Å². The third kappa shape index (κ3) is 2.21. The van der Waals surface area contributed by atoms with Crippen LogP contribution in [0.1, 0.15) is 0 Å². The summed E-state index contributed by atoms with van der Waals surface area (Å²) in [6.07, 6.45) is 0. The average Bonchev–Trinajstić information content (AvgIpc) is 2.86. The van der Waals surface area contributed by atoms with Crippen LogP contribution in [0.15, 0.2) is 60.7 Å². The van der Waals surface area contributed by atoms with E-state index in [1.165, 1.54) is 5.39 Å². The van der Waals surface area contributed by atoms with E-state index >= 15 is 0 Å². The van der Waals surface area contributed by atoms with Crippen molar-refractivity contribution in [3.8, 4) is 11.1 Å². The molecule has 0 aliphatic heterocycles. The van der Waals surface area contributed by atoms with Crippen LogP contribution in [-0.4, -0.2) is 4.98 Å². The number of hydrogen-bond donors (Lipinski definition) is 1. The molecule has 0 atom stereocenters. The van der Waals surface area contributed by atoms with E-state index in [2.05, 4.69) is 53.5 Å². The van der Waals surface area contributed by atoms with E-state index in [4.69, 9.17) is 0 Å². The average molecular weight is 330 g/mol. The Balaban J connectivity index is 0.00000121. The van der Waals surface area contributed by atoms with Crippen molar-refractivity contribution < 1.29 is 32.7 Å². The molecule has 0 aliphatic carbocycles. The first-order chi connectivity index (χ1) is 9.42. The Kier molecular flexibility index (Phi) is 3.73.